The van der Waals surface area contributed by atoms with Crippen LogP contribution in [-0.4, -0.2) is 40.6 Å². The molecular weight excluding hydrogens is 288 g/mol. The van der Waals surface area contributed by atoms with Gasteiger partial charge in [-0.05, 0) is 42.7 Å². The Hall–Kier alpha value is -1.39. The molecule has 1 aliphatic carbocycles. The van der Waals surface area contributed by atoms with Gasteiger partial charge in [0.25, 0.3) is 5.91 Å². The summed E-state index contributed by atoms with van der Waals surface area (Å²) < 4.78 is 0. The molecule has 23 heavy (non-hydrogen) atoms. The third-order valence-corrected chi connectivity index (χ3v) is 4.98. The molecule has 1 atom stereocenters. The Kier molecular flexibility index (Phi) is 4.74. The van der Waals surface area contributed by atoms with Crippen molar-refractivity contribution in [3.8, 4) is 0 Å². The molecule has 1 unspecified atom stereocenters. The van der Waals surface area contributed by atoms with Crippen LogP contribution in [0.15, 0.2) is 24.3 Å². The van der Waals surface area contributed by atoms with Crippen LogP contribution in [0.25, 0.3) is 0 Å². The van der Waals surface area contributed by atoms with Crippen molar-refractivity contribution in [3.63, 3.8) is 0 Å². The second-order valence-electron chi connectivity index (χ2n) is 7.41. The molecule has 2 aliphatic rings. The second kappa shape index (κ2) is 6.62. The number of carbonyl (C=O) groups is 1. The molecule has 1 aromatic carbocycles. The molecule has 0 bridgehead atoms. The first-order valence-electron chi connectivity index (χ1n) is 8.82. The van der Waals surface area contributed by atoms with Crippen LogP contribution in [-0.2, 0) is 11.3 Å². The van der Waals surface area contributed by atoms with Crippen molar-refractivity contribution in [1.29, 1.82) is 0 Å². The van der Waals surface area contributed by atoms with Gasteiger partial charge in [0.2, 0.25) is 0 Å². The summed E-state index contributed by atoms with van der Waals surface area (Å²) in [7, 11) is 0. The standard InChI is InChI=1S/C19H28N2O2/c1-14(2)16-6-4-15(5-7-16)12-21-11-3-10-19(23,18(21)22)13-20-17-8-9-17/h4-7,14,17,20,23H,3,8-13H2,1-2H3. The number of benzene rings is 1. The van der Waals surface area contributed by atoms with Gasteiger partial charge >= 0.3 is 0 Å². The number of hydrogen-bond donors (Lipinski definition) is 2. The summed E-state index contributed by atoms with van der Waals surface area (Å²) in [6.07, 6.45) is 3.75. The summed E-state index contributed by atoms with van der Waals surface area (Å²) in [5, 5.41) is 14.0. The molecule has 1 saturated heterocycles. The van der Waals surface area contributed by atoms with Gasteiger partial charge in [-0.3, -0.25) is 4.79 Å². The Labute approximate surface area is 138 Å². The zero-order chi connectivity index (χ0) is 16.4. The number of hydrogen-bond acceptors (Lipinski definition) is 3. The van der Waals surface area contributed by atoms with Crippen LogP contribution in [0.3, 0.4) is 0 Å². The Balaban J connectivity index is 1.63. The molecular formula is C19H28N2O2. The number of piperidine rings is 1. The first-order chi connectivity index (χ1) is 11.0. The molecule has 1 saturated carbocycles. The maximum Gasteiger partial charge on any atom is 0.256 e. The van der Waals surface area contributed by atoms with E-state index in [9.17, 15) is 9.90 Å². The predicted molar refractivity (Wildman–Crippen MR) is 91.2 cm³/mol. The molecule has 2 N–H and O–H groups in total. The zero-order valence-corrected chi connectivity index (χ0v) is 14.2. The van der Waals surface area contributed by atoms with Crippen molar-refractivity contribution in [2.45, 2.75) is 63.6 Å². The van der Waals surface area contributed by atoms with Crippen LogP contribution in [0.5, 0.6) is 0 Å². The summed E-state index contributed by atoms with van der Waals surface area (Å²) in [6, 6.07) is 8.97. The summed E-state index contributed by atoms with van der Waals surface area (Å²) in [4.78, 5) is 14.5. The van der Waals surface area contributed by atoms with E-state index in [0.717, 1.165) is 31.4 Å². The SMILES string of the molecule is CC(C)c1ccc(CN2CCCC(O)(CNC3CC3)C2=O)cc1. The number of nitrogens with zero attached hydrogens (tertiary/aromatic N) is 1. The van der Waals surface area contributed by atoms with E-state index >= 15 is 0 Å². The molecule has 1 heterocycles. The average Bonchev–Trinajstić information content (AvgIpc) is 3.35. The van der Waals surface area contributed by atoms with Gasteiger partial charge in [0.15, 0.2) is 5.60 Å². The lowest BCUT2D eigenvalue weighted by atomic mass is 9.91. The lowest BCUT2D eigenvalue weighted by Crippen LogP contribution is -2.57. The minimum atomic E-state index is -1.22. The fourth-order valence-electron chi connectivity index (χ4n) is 3.21. The minimum Gasteiger partial charge on any atom is -0.379 e. The highest BCUT2D eigenvalue weighted by atomic mass is 16.3. The predicted octanol–water partition coefficient (Wildman–Crippen LogP) is 2.42. The van der Waals surface area contributed by atoms with Gasteiger partial charge in [-0.15, -0.1) is 0 Å². The summed E-state index contributed by atoms with van der Waals surface area (Å²) >= 11 is 0. The van der Waals surface area contributed by atoms with Crippen LogP contribution in [0.4, 0.5) is 0 Å². The van der Waals surface area contributed by atoms with Gasteiger partial charge in [0, 0.05) is 25.7 Å². The van der Waals surface area contributed by atoms with Crippen molar-refractivity contribution in [1.82, 2.24) is 10.2 Å². The second-order valence-corrected chi connectivity index (χ2v) is 7.41. The van der Waals surface area contributed by atoms with E-state index < -0.39 is 5.60 Å². The van der Waals surface area contributed by atoms with E-state index in [-0.39, 0.29) is 5.91 Å². The monoisotopic (exact) mass is 316 g/mol. The fourth-order valence-corrected chi connectivity index (χ4v) is 3.21. The lowest BCUT2D eigenvalue weighted by molar-refractivity contribution is -0.157. The molecule has 1 aliphatic heterocycles. The molecule has 4 nitrogen and oxygen atoms in total. The third kappa shape index (κ3) is 3.93. The number of rotatable bonds is 6. The highest BCUT2D eigenvalue weighted by Crippen LogP contribution is 2.26. The smallest absolute Gasteiger partial charge is 0.256 e. The molecule has 0 aromatic heterocycles. The van der Waals surface area contributed by atoms with Gasteiger partial charge in [0.05, 0.1) is 0 Å². The first kappa shape index (κ1) is 16.5. The summed E-state index contributed by atoms with van der Waals surface area (Å²) in [5.74, 6) is 0.393. The molecule has 1 aromatic rings. The van der Waals surface area contributed by atoms with Gasteiger partial charge in [-0.2, -0.15) is 0 Å². The highest BCUT2D eigenvalue weighted by molar-refractivity contribution is 5.86. The van der Waals surface area contributed by atoms with Gasteiger partial charge in [-0.1, -0.05) is 38.1 Å². The molecule has 0 radical (unpaired) electrons. The molecule has 2 fully saturated rings. The molecule has 3 rings (SSSR count). The minimum absolute atomic E-state index is 0.121. The topological polar surface area (TPSA) is 52.6 Å². The molecule has 4 heteroatoms. The van der Waals surface area contributed by atoms with Crippen molar-refractivity contribution in [2.24, 2.45) is 0 Å². The van der Waals surface area contributed by atoms with Crippen LogP contribution in [0.1, 0.15) is 56.6 Å². The largest absolute Gasteiger partial charge is 0.379 e. The van der Waals surface area contributed by atoms with Crippen LogP contribution < -0.4 is 5.32 Å². The van der Waals surface area contributed by atoms with E-state index in [1.807, 2.05) is 4.90 Å². The quantitative estimate of drug-likeness (QED) is 0.847. The molecule has 126 valence electrons. The number of likely N-dealkylation sites (tertiary alicyclic amines) is 1. The maximum atomic E-state index is 12.7. The van der Waals surface area contributed by atoms with Crippen molar-refractivity contribution < 1.29 is 9.90 Å². The van der Waals surface area contributed by atoms with Crippen molar-refractivity contribution >= 4 is 5.91 Å². The lowest BCUT2D eigenvalue weighted by Gasteiger charge is -2.38. The van der Waals surface area contributed by atoms with Crippen LogP contribution in [0.2, 0.25) is 0 Å². The Morgan fingerprint density at radius 3 is 2.61 bits per heavy atom. The van der Waals surface area contributed by atoms with E-state index in [1.54, 1.807) is 0 Å². The Morgan fingerprint density at radius 2 is 2.00 bits per heavy atom. The van der Waals surface area contributed by atoms with Gasteiger partial charge in [-0.25, -0.2) is 0 Å². The van der Waals surface area contributed by atoms with Crippen molar-refractivity contribution in [3.05, 3.63) is 35.4 Å². The number of nitrogens with one attached hydrogen (secondary N) is 1. The average molecular weight is 316 g/mol. The zero-order valence-electron chi connectivity index (χ0n) is 14.2. The molecule has 0 spiro atoms. The summed E-state index contributed by atoms with van der Waals surface area (Å²) in [5.41, 5.74) is 1.21. The Bertz CT molecular complexity index is 551. The van der Waals surface area contributed by atoms with Crippen LogP contribution >= 0.6 is 0 Å². The fraction of sp³-hybridized carbons (Fsp3) is 0.632. The van der Waals surface area contributed by atoms with Crippen LogP contribution in [0, 0.1) is 0 Å². The van der Waals surface area contributed by atoms with Gasteiger partial charge < -0.3 is 15.3 Å². The van der Waals surface area contributed by atoms with E-state index in [1.165, 1.54) is 5.56 Å². The van der Waals surface area contributed by atoms with E-state index in [0.29, 0.717) is 31.5 Å². The van der Waals surface area contributed by atoms with E-state index in [4.69, 9.17) is 0 Å². The highest BCUT2D eigenvalue weighted by Gasteiger charge is 2.42. The third-order valence-electron chi connectivity index (χ3n) is 4.98. The van der Waals surface area contributed by atoms with E-state index in [2.05, 4.69) is 43.4 Å². The van der Waals surface area contributed by atoms with Gasteiger partial charge in [0.1, 0.15) is 0 Å². The molecule has 1 amide bonds. The maximum absolute atomic E-state index is 12.7. The Morgan fingerprint density at radius 1 is 1.30 bits per heavy atom. The first-order valence-corrected chi connectivity index (χ1v) is 8.82. The normalized spacial score (nSPS) is 25.2. The number of carbonyl (C=O) groups excluding carboxylic acids is 1. The number of aliphatic hydroxyl groups is 1. The summed E-state index contributed by atoms with van der Waals surface area (Å²) in [6.45, 7) is 6.06. The van der Waals surface area contributed by atoms with Crippen molar-refractivity contribution in [2.75, 3.05) is 13.1 Å². The number of amides is 1.